The molecule has 0 saturated carbocycles. The molecule has 1 aliphatic rings. The van der Waals surface area contributed by atoms with Crippen LogP contribution in [0.25, 0.3) is 0 Å². The maximum absolute atomic E-state index is 12.0. The first kappa shape index (κ1) is 14.0. The van der Waals surface area contributed by atoms with Gasteiger partial charge in [0.05, 0.1) is 11.1 Å². The molecule has 0 saturated heterocycles. The van der Waals surface area contributed by atoms with E-state index in [0.29, 0.717) is 5.75 Å². The van der Waals surface area contributed by atoms with Gasteiger partial charge in [-0.15, -0.1) is 10.3 Å². The van der Waals surface area contributed by atoms with Crippen molar-refractivity contribution in [3.05, 3.63) is 11.6 Å². The molecule has 1 aliphatic heterocycles. The highest BCUT2D eigenvalue weighted by atomic mass is 33.1. The minimum absolute atomic E-state index is 0.355. The minimum atomic E-state index is -3.06. The average molecular weight is 265 g/mol. The zero-order valence-electron chi connectivity index (χ0n) is 10.3. The van der Waals surface area contributed by atoms with Crippen molar-refractivity contribution in [3.8, 4) is 0 Å². The van der Waals surface area contributed by atoms with Gasteiger partial charge in [0.2, 0.25) is 0 Å². The Hall–Kier alpha value is -0.0400. The Kier molecular flexibility index (Phi) is 3.52. The molecule has 6 heteroatoms. The highest BCUT2D eigenvalue weighted by Gasteiger charge is 2.46. The second kappa shape index (κ2) is 4.01. The molecule has 0 aromatic heterocycles. The summed E-state index contributed by atoms with van der Waals surface area (Å²) in [6, 6.07) is 0. The molecule has 0 aromatic rings. The monoisotopic (exact) mass is 265 g/mol. The van der Waals surface area contributed by atoms with Crippen molar-refractivity contribution in [2.75, 3.05) is 12.0 Å². The van der Waals surface area contributed by atoms with Gasteiger partial charge in [-0.25, -0.2) is 8.42 Å². The maximum atomic E-state index is 12.0. The quantitative estimate of drug-likeness (QED) is 0.444. The van der Waals surface area contributed by atoms with Gasteiger partial charge in [-0.05, 0) is 44.1 Å². The molecule has 1 radical (unpaired) electrons. The van der Waals surface area contributed by atoms with E-state index in [1.54, 1.807) is 0 Å². The summed E-state index contributed by atoms with van der Waals surface area (Å²) in [6.07, 6.45) is 3.05. The van der Waals surface area contributed by atoms with Crippen molar-refractivity contribution < 1.29 is 13.6 Å². The van der Waals surface area contributed by atoms with Crippen LogP contribution in [0.4, 0.5) is 0 Å². The second-order valence-corrected chi connectivity index (χ2v) is 9.60. The Morgan fingerprint density at radius 3 is 2.12 bits per heavy atom. The molecule has 0 spiro atoms. The SMILES string of the molecule is CC1(C)C=C(CSS(C)(=O)=O)C(C)(C)[15N]1[O]. The summed E-state index contributed by atoms with van der Waals surface area (Å²) in [5.41, 5.74) is -0.305. The number of hydrogen-bond acceptors (Lipinski definition) is 4. The lowest BCUT2D eigenvalue weighted by molar-refractivity contribution is -0.238. The van der Waals surface area contributed by atoms with Gasteiger partial charge in [-0.1, -0.05) is 6.08 Å². The van der Waals surface area contributed by atoms with Crippen LogP contribution in [0, 0.1) is 0 Å². The lowest BCUT2D eigenvalue weighted by atomic mass is 10.00. The first-order chi connectivity index (χ1) is 6.97. The van der Waals surface area contributed by atoms with E-state index in [2.05, 4.69) is 0 Å². The summed E-state index contributed by atoms with van der Waals surface area (Å²) < 4.78 is 22.2. The topological polar surface area (TPSA) is 57.3 Å². The van der Waals surface area contributed by atoms with Crippen LogP contribution < -0.4 is 0 Å². The van der Waals surface area contributed by atoms with Crippen LogP contribution >= 0.6 is 10.8 Å². The number of hydrogen-bond donors (Lipinski definition) is 0. The molecule has 16 heavy (non-hydrogen) atoms. The van der Waals surface area contributed by atoms with Gasteiger partial charge in [0.25, 0.3) is 0 Å². The highest BCUT2D eigenvalue weighted by molar-refractivity contribution is 8.71. The molecule has 93 valence electrons. The first-order valence-electron chi connectivity index (χ1n) is 5.01. The van der Waals surface area contributed by atoms with Crippen LogP contribution in [-0.2, 0) is 14.1 Å². The molecule has 0 aliphatic carbocycles. The molecule has 0 amide bonds. The first-order valence-corrected chi connectivity index (χ1v) is 8.40. The van der Waals surface area contributed by atoms with E-state index in [9.17, 15) is 13.6 Å². The largest absolute Gasteiger partial charge is 0.218 e. The summed E-state index contributed by atoms with van der Waals surface area (Å²) in [6.45, 7) is 7.31. The number of hydroxylamine groups is 2. The molecule has 0 N–H and O–H groups in total. The Labute approximate surface area is 101 Å². The fraction of sp³-hybridized carbons (Fsp3) is 0.800. The Morgan fingerprint density at radius 2 is 1.81 bits per heavy atom. The molecule has 1 rings (SSSR count). The Bertz CT molecular complexity index is 410. The Balaban J connectivity index is 2.89. The summed E-state index contributed by atoms with van der Waals surface area (Å²) in [5.74, 6) is 0.355. The van der Waals surface area contributed by atoms with Crippen LogP contribution in [-0.4, -0.2) is 36.6 Å². The highest BCUT2D eigenvalue weighted by Crippen LogP contribution is 2.40. The second-order valence-electron chi connectivity index (χ2n) is 5.14. The van der Waals surface area contributed by atoms with E-state index in [-0.39, 0.29) is 0 Å². The third-order valence-electron chi connectivity index (χ3n) is 2.77. The zero-order valence-corrected chi connectivity index (χ0v) is 11.9. The zero-order chi connectivity index (χ0) is 12.8. The summed E-state index contributed by atoms with van der Waals surface area (Å²) in [5, 5.41) is 13.0. The third kappa shape index (κ3) is 2.80. The predicted molar refractivity (Wildman–Crippen MR) is 66.1 cm³/mol. The van der Waals surface area contributed by atoms with Crippen molar-refractivity contribution in [2.24, 2.45) is 0 Å². The smallest absolute Gasteiger partial charge is 0.199 e. The van der Waals surface area contributed by atoms with Crippen LogP contribution in [0.5, 0.6) is 0 Å². The molecular formula is C10H18NO3S2. The van der Waals surface area contributed by atoms with Crippen molar-refractivity contribution >= 4 is 19.7 Å². The van der Waals surface area contributed by atoms with Crippen LogP contribution in [0.2, 0.25) is 0 Å². The van der Waals surface area contributed by atoms with Crippen molar-refractivity contribution in [1.82, 2.24) is 5.06 Å². The minimum Gasteiger partial charge on any atom is -0.218 e. The molecule has 1 heterocycles. The fourth-order valence-electron chi connectivity index (χ4n) is 1.90. The standard InChI is InChI=1S/C10H18NO3S2/c1-9(2)6-8(7-15-16(5,13)14)10(3,4)11(9)12/h6H,7H2,1-5H3/i11+1. The van der Waals surface area contributed by atoms with E-state index in [1.807, 2.05) is 33.8 Å². The molecule has 0 fully saturated rings. The molecule has 0 unspecified atom stereocenters. The molecule has 0 aromatic carbocycles. The molecule has 0 bridgehead atoms. The van der Waals surface area contributed by atoms with E-state index >= 15 is 0 Å². The summed E-state index contributed by atoms with van der Waals surface area (Å²) >= 11 is 0. The number of nitrogens with zero attached hydrogens (tertiary/aromatic N) is 1. The number of rotatable bonds is 3. The lowest BCUT2D eigenvalue weighted by Crippen LogP contribution is -2.47. The van der Waals surface area contributed by atoms with Crippen LogP contribution in [0.1, 0.15) is 27.7 Å². The third-order valence-corrected chi connectivity index (χ3v) is 5.27. The molecular weight excluding hydrogens is 247 g/mol. The van der Waals surface area contributed by atoms with Gasteiger partial charge in [0.15, 0.2) is 8.87 Å². The van der Waals surface area contributed by atoms with E-state index in [0.717, 1.165) is 21.4 Å². The van der Waals surface area contributed by atoms with E-state index < -0.39 is 19.9 Å². The van der Waals surface area contributed by atoms with Gasteiger partial charge in [-0.3, -0.25) is 0 Å². The maximum Gasteiger partial charge on any atom is 0.199 e. The van der Waals surface area contributed by atoms with Gasteiger partial charge < -0.3 is 0 Å². The normalized spacial score (nSPS) is 24.5. The average Bonchev–Trinajstić information content (AvgIpc) is 2.22. The van der Waals surface area contributed by atoms with Crippen molar-refractivity contribution in [3.63, 3.8) is 0 Å². The predicted octanol–water partition coefficient (Wildman–Crippen LogP) is 1.82. The van der Waals surface area contributed by atoms with Crippen molar-refractivity contribution in [2.45, 2.75) is 38.8 Å². The summed E-state index contributed by atoms with van der Waals surface area (Å²) in [7, 11) is -2.19. The van der Waals surface area contributed by atoms with Gasteiger partial charge in [-0.2, -0.15) is 0 Å². The van der Waals surface area contributed by atoms with Gasteiger partial charge in [0, 0.05) is 12.0 Å². The van der Waals surface area contributed by atoms with E-state index in [4.69, 9.17) is 0 Å². The molecule has 0 atom stereocenters. The van der Waals surface area contributed by atoms with Crippen LogP contribution in [0.3, 0.4) is 0 Å². The molecule has 4 nitrogen and oxygen atoms in total. The fourth-order valence-corrected chi connectivity index (χ4v) is 3.70. The van der Waals surface area contributed by atoms with Crippen LogP contribution in [0.15, 0.2) is 11.6 Å². The van der Waals surface area contributed by atoms with Crippen molar-refractivity contribution in [1.29, 1.82) is 0 Å². The van der Waals surface area contributed by atoms with E-state index in [1.165, 1.54) is 6.26 Å². The summed E-state index contributed by atoms with van der Waals surface area (Å²) in [4.78, 5) is 0. The van der Waals surface area contributed by atoms with Gasteiger partial charge in [0.1, 0.15) is 0 Å². The Morgan fingerprint density at radius 1 is 1.31 bits per heavy atom. The van der Waals surface area contributed by atoms with Gasteiger partial charge >= 0.3 is 0 Å². The lowest BCUT2D eigenvalue weighted by Gasteiger charge is -2.33.